The predicted molar refractivity (Wildman–Crippen MR) is 58.3 cm³/mol. The molecule has 1 saturated heterocycles. The number of likely N-dealkylation sites (tertiary alicyclic amines) is 1. The fourth-order valence-corrected chi connectivity index (χ4v) is 2.14. The molecule has 0 aromatic heterocycles. The van der Waals surface area contributed by atoms with Crippen LogP contribution in [-0.4, -0.2) is 35.6 Å². The van der Waals surface area contributed by atoms with Crippen molar-refractivity contribution in [2.24, 2.45) is 17.6 Å². The number of nitrogens with two attached hydrogens (primary N) is 1. The zero-order valence-corrected chi connectivity index (χ0v) is 9.81. The summed E-state index contributed by atoms with van der Waals surface area (Å²) in [4.78, 5) is 34.9. The highest BCUT2D eigenvalue weighted by Gasteiger charge is 2.43. The van der Waals surface area contributed by atoms with Crippen LogP contribution in [0.5, 0.6) is 0 Å². The van der Waals surface area contributed by atoms with Crippen LogP contribution in [-0.2, 0) is 14.4 Å². The van der Waals surface area contributed by atoms with E-state index in [4.69, 9.17) is 5.73 Å². The van der Waals surface area contributed by atoms with Gasteiger partial charge in [0, 0.05) is 12.5 Å². The molecule has 1 aliphatic heterocycles. The number of halogens is 2. The standard InChI is InChI=1S/C11H14F2N2O3/c1-2-8(10(14)17)15-4-6(3-9(12)13)7(5-16)11(15)18/h3,5-8H,2,4H2,1H3,(H2,14,17)/t6-,7?,8-/m0/s1. The Hall–Kier alpha value is -1.79. The summed E-state index contributed by atoms with van der Waals surface area (Å²) < 4.78 is 24.4. The number of carbonyl (C=O) groups is 3. The monoisotopic (exact) mass is 260 g/mol. The molecule has 2 amide bonds. The Morgan fingerprint density at radius 3 is 2.61 bits per heavy atom. The van der Waals surface area contributed by atoms with Crippen molar-refractivity contribution in [3.63, 3.8) is 0 Å². The molecule has 0 spiro atoms. The molecule has 1 unspecified atom stereocenters. The molecule has 0 aromatic carbocycles. The molecule has 1 heterocycles. The molecule has 100 valence electrons. The molecule has 18 heavy (non-hydrogen) atoms. The van der Waals surface area contributed by atoms with E-state index in [1.807, 2.05) is 0 Å². The van der Waals surface area contributed by atoms with E-state index in [0.717, 1.165) is 4.90 Å². The van der Waals surface area contributed by atoms with Gasteiger partial charge in [-0.2, -0.15) is 8.78 Å². The summed E-state index contributed by atoms with van der Waals surface area (Å²) in [6, 6.07) is -0.860. The van der Waals surface area contributed by atoms with Gasteiger partial charge in [0.2, 0.25) is 11.8 Å². The lowest BCUT2D eigenvalue weighted by atomic mass is 9.97. The fraction of sp³-hybridized carbons (Fsp3) is 0.545. The summed E-state index contributed by atoms with van der Waals surface area (Å²) in [6.07, 6.45) is -0.764. The van der Waals surface area contributed by atoms with Gasteiger partial charge in [-0.25, -0.2) is 0 Å². The van der Waals surface area contributed by atoms with Gasteiger partial charge in [0.25, 0.3) is 6.08 Å². The van der Waals surface area contributed by atoms with E-state index < -0.39 is 35.8 Å². The van der Waals surface area contributed by atoms with Crippen LogP contribution in [0.15, 0.2) is 12.2 Å². The SMILES string of the molecule is CC[C@@H](C(N)=O)N1C[C@H](C=C(F)F)C(C=O)C1=O. The van der Waals surface area contributed by atoms with Crippen molar-refractivity contribution in [2.45, 2.75) is 19.4 Å². The predicted octanol–water partition coefficient (Wildman–Crippen LogP) is 0.304. The lowest BCUT2D eigenvalue weighted by Crippen LogP contribution is -2.45. The van der Waals surface area contributed by atoms with Crippen LogP contribution < -0.4 is 5.73 Å². The minimum atomic E-state index is -1.95. The van der Waals surface area contributed by atoms with Crippen LogP contribution in [0.3, 0.4) is 0 Å². The summed E-state index contributed by atoms with van der Waals surface area (Å²) in [5.41, 5.74) is 5.14. The second-order valence-electron chi connectivity index (χ2n) is 4.10. The highest BCUT2D eigenvalue weighted by atomic mass is 19.3. The van der Waals surface area contributed by atoms with E-state index >= 15 is 0 Å². The van der Waals surface area contributed by atoms with Crippen LogP contribution in [0.25, 0.3) is 0 Å². The first-order valence-electron chi connectivity index (χ1n) is 5.50. The average Bonchev–Trinajstić information content (AvgIpc) is 2.55. The number of carbonyl (C=O) groups excluding carboxylic acids is 3. The van der Waals surface area contributed by atoms with Crippen molar-refractivity contribution in [3.05, 3.63) is 12.2 Å². The number of rotatable bonds is 5. The van der Waals surface area contributed by atoms with Gasteiger partial charge in [-0.15, -0.1) is 0 Å². The van der Waals surface area contributed by atoms with E-state index in [9.17, 15) is 23.2 Å². The fourth-order valence-electron chi connectivity index (χ4n) is 2.14. The van der Waals surface area contributed by atoms with Crippen LogP contribution in [0.2, 0.25) is 0 Å². The molecular weight excluding hydrogens is 246 g/mol. The molecule has 7 heteroatoms. The summed E-state index contributed by atoms with van der Waals surface area (Å²) >= 11 is 0. The molecule has 5 nitrogen and oxygen atoms in total. The third kappa shape index (κ3) is 2.72. The minimum absolute atomic E-state index is 0.0962. The largest absolute Gasteiger partial charge is 0.368 e. The molecule has 1 aliphatic rings. The van der Waals surface area contributed by atoms with E-state index in [1.165, 1.54) is 0 Å². The van der Waals surface area contributed by atoms with Crippen LogP contribution >= 0.6 is 0 Å². The maximum Gasteiger partial charge on any atom is 0.266 e. The third-order valence-corrected chi connectivity index (χ3v) is 3.02. The van der Waals surface area contributed by atoms with Crippen molar-refractivity contribution >= 4 is 18.1 Å². The lowest BCUT2D eigenvalue weighted by molar-refractivity contribution is -0.139. The second kappa shape index (κ2) is 5.70. The molecular formula is C11H14F2N2O3. The highest BCUT2D eigenvalue weighted by Crippen LogP contribution is 2.28. The number of hydrogen-bond donors (Lipinski definition) is 1. The Bertz CT molecular complexity index is 394. The molecule has 0 bridgehead atoms. The van der Waals surface area contributed by atoms with Crippen LogP contribution in [0.4, 0.5) is 8.78 Å². The second-order valence-corrected chi connectivity index (χ2v) is 4.10. The molecule has 0 saturated carbocycles. The number of nitrogens with zero attached hydrogens (tertiary/aromatic N) is 1. The molecule has 2 N–H and O–H groups in total. The lowest BCUT2D eigenvalue weighted by Gasteiger charge is -2.24. The Kier molecular flexibility index (Phi) is 4.52. The summed E-state index contributed by atoms with van der Waals surface area (Å²) in [5.74, 6) is -3.41. The van der Waals surface area contributed by atoms with Crippen molar-refractivity contribution in [3.8, 4) is 0 Å². The smallest absolute Gasteiger partial charge is 0.266 e. The van der Waals surface area contributed by atoms with Crippen molar-refractivity contribution < 1.29 is 23.2 Å². The normalized spacial score (nSPS) is 24.8. The molecule has 3 atom stereocenters. The van der Waals surface area contributed by atoms with Gasteiger partial charge in [0.05, 0.1) is 0 Å². The van der Waals surface area contributed by atoms with Gasteiger partial charge in [-0.1, -0.05) is 6.92 Å². The molecule has 1 fully saturated rings. The zero-order chi connectivity index (χ0) is 13.9. The first-order valence-corrected chi connectivity index (χ1v) is 5.50. The summed E-state index contributed by atoms with van der Waals surface area (Å²) in [6.45, 7) is 1.55. The Labute approximate surface area is 103 Å². The molecule has 0 radical (unpaired) electrons. The summed E-state index contributed by atoms with van der Waals surface area (Å²) in [7, 11) is 0. The highest BCUT2D eigenvalue weighted by molar-refractivity contribution is 5.97. The molecule has 0 aromatic rings. The molecule has 1 rings (SSSR count). The number of hydrogen-bond acceptors (Lipinski definition) is 3. The quantitative estimate of drug-likeness (QED) is 0.570. The van der Waals surface area contributed by atoms with Gasteiger partial charge in [-0.05, 0) is 12.5 Å². The number of primary amides is 1. The van der Waals surface area contributed by atoms with E-state index in [1.54, 1.807) is 6.92 Å². The summed E-state index contributed by atoms with van der Waals surface area (Å²) in [5, 5.41) is 0. The van der Waals surface area contributed by atoms with E-state index in [-0.39, 0.29) is 13.0 Å². The van der Waals surface area contributed by atoms with Crippen molar-refractivity contribution in [1.82, 2.24) is 4.90 Å². The first kappa shape index (κ1) is 14.3. The maximum atomic E-state index is 12.2. The Morgan fingerprint density at radius 1 is 1.61 bits per heavy atom. The maximum absolute atomic E-state index is 12.2. The zero-order valence-electron chi connectivity index (χ0n) is 9.81. The third-order valence-electron chi connectivity index (χ3n) is 3.02. The van der Waals surface area contributed by atoms with Crippen LogP contribution in [0.1, 0.15) is 13.3 Å². The number of amides is 2. The first-order chi connectivity index (χ1) is 8.42. The van der Waals surface area contributed by atoms with Gasteiger partial charge in [0.15, 0.2) is 0 Å². The minimum Gasteiger partial charge on any atom is -0.368 e. The Morgan fingerprint density at radius 2 is 2.22 bits per heavy atom. The topological polar surface area (TPSA) is 80.5 Å². The Balaban J connectivity index is 2.98. The van der Waals surface area contributed by atoms with Crippen LogP contribution in [0, 0.1) is 11.8 Å². The van der Waals surface area contributed by atoms with Crippen molar-refractivity contribution in [1.29, 1.82) is 0 Å². The van der Waals surface area contributed by atoms with E-state index in [2.05, 4.69) is 0 Å². The van der Waals surface area contributed by atoms with Gasteiger partial charge in [-0.3, -0.25) is 9.59 Å². The van der Waals surface area contributed by atoms with Gasteiger partial charge in [0.1, 0.15) is 18.2 Å². The van der Waals surface area contributed by atoms with Gasteiger partial charge < -0.3 is 15.4 Å². The van der Waals surface area contributed by atoms with Gasteiger partial charge >= 0.3 is 0 Å². The molecule has 0 aliphatic carbocycles. The van der Waals surface area contributed by atoms with E-state index in [0.29, 0.717) is 12.4 Å². The number of aldehydes is 1. The van der Waals surface area contributed by atoms with Crippen molar-refractivity contribution in [2.75, 3.05) is 6.54 Å². The average molecular weight is 260 g/mol.